The fraction of sp³-hybridized carbons (Fsp3) is 0.133. The van der Waals surface area contributed by atoms with Crippen LogP contribution in [-0.4, -0.2) is 17.9 Å². The second kappa shape index (κ2) is 6.37. The zero-order chi connectivity index (χ0) is 15.4. The van der Waals surface area contributed by atoms with E-state index in [2.05, 4.69) is 5.32 Å². The first kappa shape index (κ1) is 15.0. The number of hydrogen-bond acceptors (Lipinski definition) is 3. The monoisotopic (exact) mass is 304 g/mol. The number of benzene rings is 2. The number of amides is 1. The van der Waals surface area contributed by atoms with Crippen molar-refractivity contribution in [2.45, 2.75) is 6.42 Å². The highest BCUT2D eigenvalue weighted by Gasteiger charge is 2.15. The highest BCUT2D eigenvalue weighted by Crippen LogP contribution is 2.22. The number of nitrogens with zero attached hydrogens (tertiary/aromatic N) is 1. The smallest absolute Gasteiger partial charge is 0.269 e. The number of nitro benzene ring substituents is 1. The van der Waals surface area contributed by atoms with Gasteiger partial charge in [0.2, 0.25) is 0 Å². The van der Waals surface area contributed by atoms with Crippen LogP contribution >= 0.6 is 11.6 Å². The molecule has 0 unspecified atom stereocenters. The molecule has 0 fully saturated rings. The Kier molecular flexibility index (Phi) is 4.55. The van der Waals surface area contributed by atoms with Gasteiger partial charge in [0.15, 0.2) is 0 Å². The summed E-state index contributed by atoms with van der Waals surface area (Å²) in [5, 5.41) is 14.0. The van der Waals surface area contributed by atoms with E-state index in [0.29, 0.717) is 22.6 Å². The number of carbonyl (C=O) groups excluding carboxylic acids is 1. The number of carbonyl (C=O) groups is 1. The molecule has 1 N–H and O–H groups in total. The summed E-state index contributed by atoms with van der Waals surface area (Å²) in [4.78, 5) is 22.3. The zero-order valence-electron chi connectivity index (χ0n) is 11.3. The van der Waals surface area contributed by atoms with Crippen molar-refractivity contribution in [3.05, 3.63) is 74.3 Å². The predicted octanol–water partition coefficient (Wildman–Crippen LogP) is 3.20. The van der Waals surface area contributed by atoms with Gasteiger partial charge < -0.3 is 5.32 Å². The highest BCUT2D eigenvalue weighted by atomic mass is 35.5. The molecule has 108 valence electrons. The minimum atomic E-state index is -0.473. The summed E-state index contributed by atoms with van der Waals surface area (Å²) < 4.78 is 0. The SMILES string of the molecule is CNC(=O)c1ccc([N+](=O)[O-])cc1Cc1ccc(Cl)cc1. The summed E-state index contributed by atoms with van der Waals surface area (Å²) in [6.45, 7) is 0. The van der Waals surface area contributed by atoms with E-state index in [0.717, 1.165) is 5.56 Å². The van der Waals surface area contributed by atoms with Gasteiger partial charge in [-0.15, -0.1) is 0 Å². The molecule has 5 nitrogen and oxygen atoms in total. The second-order valence-electron chi connectivity index (χ2n) is 4.48. The molecule has 21 heavy (non-hydrogen) atoms. The molecule has 0 saturated carbocycles. The molecule has 0 spiro atoms. The van der Waals surface area contributed by atoms with Gasteiger partial charge >= 0.3 is 0 Å². The molecule has 0 saturated heterocycles. The summed E-state index contributed by atoms with van der Waals surface area (Å²) in [6.07, 6.45) is 0.418. The van der Waals surface area contributed by atoms with Crippen molar-refractivity contribution < 1.29 is 9.72 Å². The van der Waals surface area contributed by atoms with E-state index in [1.165, 1.54) is 25.2 Å². The van der Waals surface area contributed by atoms with Crippen LogP contribution < -0.4 is 5.32 Å². The van der Waals surface area contributed by atoms with Crippen molar-refractivity contribution in [1.82, 2.24) is 5.32 Å². The molecule has 0 bridgehead atoms. The molecule has 0 aromatic heterocycles. The lowest BCUT2D eigenvalue weighted by Crippen LogP contribution is -2.19. The van der Waals surface area contributed by atoms with Gasteiger partial charge in [0.25, 0.3) is 11.6 Å². The van der Waals surface area contributed by atoms with Crippen molar-refractivity contribution in [3.8, 4) is 0 Å². The van der Waals surface area contributed by atoms with Crippen molar-refractivity contribution >= 4 is 23.2 Å². The number of rotatable bonds is 4. The number of nitro groups is 1. The molecule has 6 heteroatoms. The van der Waals surface area contributed by atoms with E-state index in [1.807, 2.05) is 12.1 Å². The van der Waals surface area contributed by atoms with Gasteiger partial charge in [0.05, 0.1) is 4.92 Å². The number of non-ortho nitro benzene ring substituents is 1. The van der Waals surface area contributed by atoms with Crippen LogP contribution in [0.4, 0.5) is 5.69 Å². The quantitative estimate of drug-likeness (QED) is 0.696. The van der Waals surface area contributed by atoms with Gasteiger partial charge in [0.1, 0.15) is 0 Å². The molecule has 2 rings (SSSR count). The lowest BCUT2D eigenvalue weighted by Gasteiger charge is -2.09. The predicted molar refractivity (Wildman–Crippen MR) is 80.7 cm³/mol. The average molecular weight is 305 g/mol. The fourth-order valence-electron chi connectivity index (χ4n) is 2.02. The largest absolute Gasteiger partial charge is 0.355 e. The Morgan fingerprint density at radius 2 is 1.90 bits per heavy atom. The standard InChI is InChI=1S/C15H13ClN2O3/c1-17-15(19)14-7-6-13(18(20)21)9-11(14)8-10-2-4-12(16)5-3-10/h2-7,9H,8H2,1H3,(H,17,19). The lowest BCUT2D eigenvalue weighted by molar-refractivity contribution is -0.384. The third-order valence-corrected chi connectivity index (χ3v) is 3.33. The molecular weight excluding hydrogens is 292 g/mol. The van der Waals surface area contributed by atoms with E-state index < -0.39 is 4.92 Å². The molecule has 0 atom stereocenters. The third kappa shape index (κ3) is 3.58. The fourth-order valence-corrected chi connectivity index (χ4v) is 2.14. The highest BCUT2D eigenvalue weighted by molar-refractivity contribution is 6.30. The summed E-state index contributed by atoms with van der Waals surface area (Å²) in [6, 6.07) is 11.4. The molecule has 1 amide bonds. The molecule has 2 aromatic carbocycles. The Bertz CT molecular complexity index is 684. The summed E-state index contributed by atoms with van der Waals surface area (Å²) >= 11 is 5.83. The van der Waals surface area contributed by atoms with Crippen LogP contribution in [0.1, 0.15) is 21.5 Å². The zero-order valence-corrected chi connectivity index (χ0v) is 12.1. The van der Waals surface area contributed by atoms with Crippen molar-refractivity contribution in [3.63, 3.8) is 0 Å². The first-order valence-electron chi connectivity index (χ1n) is 6.25. The van der Waals surface area contributed by atoms with Crippen LogP contribution in [0.3, 0.4) is 0 Å². The van der Waals surface area contributed by atoms with E-state index in [1.54, 1.807) is 12.1 Å². The molecule has 2 aromatic rings. The average Bonchev–Trinajstić information content (AvgIpc) is 2.48. The van der Waals surface area contributed by atoms with Gasteiger partial charge in [-0.1, -0.05) is 23.7 Å². The van der Waals surface area contributed by atoms with E-state index in [-0.39, 0.29) is 11.6 Å². The summed E-state index contributed by atoms with van der Waals surface area (Å²) in [5.74, 6) is -0.270. The summed E-state index contributed by atoms with van der Waals surface area (Å²) in [5.41, 5.74) is 1.92. The maximum Gasteiger partial charge on any atom is 0.269 e. The third-order valence-electron chi connectivity index (χ3n) is 3.08. The topological polar surface area (TPSA) is 72.2 Å². The number of hydrogen-bond donors (Lipinski definition) is 1. The van der Waals surface area contributed by atoms with Gasteiger partial charge in [-0.3, -0.25) is 14.9 Å². The Labute approximate surface area is 126 Å². The lowest BCUT2D eigenvalue weighted by atomic mass is 9.98. The van der Waals surface area contributed by atoms with E-state index in [4.69, 9.17) is 11.6 Å². The van der Waals surface area contributed by atoms with Crippen molar-refractivity contribution in [2.24, 2.45) is 0 Å². The first-order chi connectivity index (χ1) is 10.0. The van der Waals surface area contributed by atoms with Crippen LogP contribution in [0.2, 0.25) is 5.02 Å². The minimum absolute atomic E-state index is 0.0355. The van der Waals surface area contributed by atoms with Crippen LogP contribution in [-0.2, 0) is 6.42 Å². The van der Waals surface area contributed by atoms with E-state index in [9.17, 15) is 14.9 Å². The maximum absolute atomic E-state index is 11.9. The number of halogens is 1. The summed E-state index contributed by atoms with van der Waals surface area (Å²) in [7, 11) is 1.52. The minimum Gasteiger partial charge on any atom is -0.355 e. The van der Waals surface area contributed by atoms with Crippen molar-refractivity contribution in [2.75, 3.05) is 7.05 Å². The Balaban J connectivity index is 2.42. The van der Waals surface area contributed by atoms with Gasteiger partial charge in [-0.2, -0.15) is 0 Å². The Morgan fingerprint density at radius 3 is 2.48 bits per heavy atom. The van der Waals surface area contributed by atoms with Crippen LogP contribution in [0.25, 0.3) is 0 Å². The first-order valence-corrected chi connectivity index (χ1v) is 6.63. The van der Waals surface area contributed by atoms with Crippen LogP contribution in [0.5, 0.6) is 0 Å². The van der Waals surface area contributed by atoms with Gasteiger partial charge in [-0.25, -0.2) is 0 Å². The van der Waals surface area contributed by atoms with Crippen LogP contribution in [0.15, 0.2) is 42.5 Å². The molecular formula is C15H13ClN2O3. The molecule has 0 aliphatic rings. The Morgan fingerprint density at radius 1 is 1.24 bits per heavy atom. The maximum atomic E-state index is 11.9. The molecule has 0 aliphatic heterocycles. The van der Waals surface area contributed by atoms with Crippen molar-refractivity contribution in [1.29, 1.82) is 0 Å². The molecule has 0 heterocycles. The molecule has 0 radical (unpaired) electrons. The van der Waals surface area contributed by atoms with Crippen LogP contribution in [0, 0.1) is 10.1 Å². The van der Waals surface area contributed by atoms with Gasteiger partial charge in [0, 0.05) is 29.8 Å². The normalized spacial score (nSPS) is 10.2. The Hall–Kier alpha value is -2.40. The molecule has 0 aliphatic carbocycles. The van der Waals surface area contributed by atoms with E-state index >= 15 is 0 Å². The van der Waals surface area contributed by atoms with Gasteiger partial charge in [-0.05, 0) is 35.7 Å². The second-order valence-corrected chi connectivity index (χ2v) is 4.92. The number of nitrogens with one attached hydrogen (secondary N) is 1.